The first-order chi connectivity index (χ1) is 15.8. The summed E-state index contributed by atoms with van der Waals surface area (Å²) in [5.41, 5.74) is -1.22. The molecule has 5 heteroatoms. The van der Waals surface area contributed by atoms with Crippen molar-refractivity contribution in [2.45, 2.75) is 149 Å². The lowest BCUT2D eigenvalue weighted by atomic mass is 9.71. The molecular formula is C28H52O5. The molecule has 0 spiro atoms. The summed E-state index contributed by atoms with van der Waals surface area (Å²) < 4.78 is 0. The Morgan fingerprint density at radius 2 is 1.18 bits per heavy atom. The molecular weight excluding hydrogens is 416 g/mol. The molecule has 5 nitrogen and oxygen atoms in total. The molecule has 2 atom stereocenters. The third kappa shape index (κ3) is 15.2. The summed E-state index contributed by atoms with van der Waals surface area (Å²) in [7, 11) is 0. The highest BCUT2D eigenvalue weighted by molar-refractivity contribution is 6.02. The van der Waals surface area contributed by atoms with Gasteiger partial charge in [0, 0.05) is 12.8 Å². The summed E-state index contributed by atoms with van der Waals surface area (Å²) in [5, 5.41) is 18.7. The van der Waals surface area contributed by atoms with Gasteiger partial charge >= 0.3 is 11.9 Å². The van der Waals surface area contributed by atoms with E-state index in [0.717, 1.165) is 64.2 Å². The molecule has 0 radical (unpaired) electrons. The number of carboxylic acids is 2. The fourth-order valence-corrected chi connectivity index (χ4v) is 4.92. The number of unbranched alkanes of at least 4 members (excludes halogenated alkanes) is 13. The maximum Gasteiger partial charge on any atom is 0.317 e. The Labute approximate surface area is 203 Å². The molecule has 0 aliphatic heterocycles. The molecule has 2 N–H and O–H groups in total. The third-order valence-corrected chi connectivity index (χ3v) is 7.01. The summed E-state index contributed by atoms with van der Waals surface area (Å²) in [6.07, 6.45) is 18.9. The quantitative estimate of drug-likeness (QED) is 0.110. The number of hydrogen-bond donors (Lipinski definition) is 2. The van der Waals surface area contributed by atoms with Crippen molar-refractivity contribution in [3.63, 3.8) is 0 Å². The van der Waals surface area contributed by atoms with Gasteiger partial charge in [-0.1, -0.05) is 117 Å². The van der Waals surface area contributed by atoms with Crippen molar-refractivity contribution in [3.05, 3.63) is 0 Å². The number of hydrogen-bond acceptors (Lipinski definition) is 3. The SMILES string of the molecule is CCCCCCCCCC(C)CC(CCCCCCCCCCC(=O)O)(C(=O)O)C(=O)CC. The number of carbonyl (C=O) groups is 3. The van der Waals surface area contributed by atoms with E-state index in [1.807, 2.05) is 0 Å². The molecule has 0 heterocycles. The zero-order valence-electron chi connectivity index (χ0n) is 21.8. The summed E-state index contributed by atoms with van der Waals surface area (Å²) in [6.45, 7) is 6.12. The average molecular weight is 469 g/mol. The van der Waals surface area contributed by atoms with Crippen molar-refractivity contribution < 1.29 is 24.6 Å². The van der Waals surface area contributed by atoms with Gasteiger partial charge in [0.05, 0.1) is 0 Å². The lowest BCUT2D eigenvalue weighted by Gasteiger charge is -2.30. The predicted octanol–water partition coefficient (Wildman–Crippen LogP) is 8.19. The normalized spacial score (nSPS) is 14.0. The molecule has 0 rings (SSSR count). The molecule has 194 valence electrons. The Morgan fingerprint density at radius 1 is 0.697 bits per heavy atom. The first-order valence-corrected chi connectivity index (χ1v) is 13.8. The van der Waals surface area contributed by atoms with Gasteiger partial charge in [-0.2, -0.15) is 0 Å². The van der Waals surface area contributed by atoms with Crippen LogP contribution in [0.5, 0.6) is 0 Å². The van der Waals surface area contributed by atoms with Gasteiger partial charge in [0.25, 0.3) is 0 Å². The molecule has 0 saturated heterocycles. The van der Waals surface area contributed by atoms with Gasteiger partial charge in [-0.25, -0.2) is 0 Å². The highest BCUT2D eigenvalue weighted by Gasteiger charge is 2.44. The number of aliphatic carboxylic acids is 2. The van der Waals surface area contributed by atoms with Crippen molar-refractivity contribution in [2.75, 3.05) is 0 Å². The van der Waals surface area contributed by atoms with Gasteiger partial charge in [0.15, 0.2) is 0 Å². The van der Waals surface area contributed by atoms with E-state index in [0.29, 0.717) is 12.8 Å². The van der Waals surface area contributed by atoms with Gasteiger partial charge in [-0.05, 0) is 25.2 Å². The minimum Gasteiger partial charge on any atom is -0.481 e. The topological polar surface area (TPSA) is 91.7 Å². The highest BCUT2D eigenvalue weighted by Crippen LogP contribution is 2.37. The fraction of sp³-hybridized carbons (Fsp3) is 0.893. The van der Waals surface area contributed by atoms with E-state index in [-0.39, 0.29) is 24.5 Å². The van der Waals surface area contributed by atoms with E-state index in [9.17, 15) is 19.5 Å². The molecule has 0 fully saturated rings. The Morgan fingerprint density at radius 3 is 1.67 bits per heavy atom. The van der Waals surface area contributed by atoms with Crippen LogP contribution >= 0.6 is 0 Å². The third-order valence-electron chi connectivity index (χ3n) is 7.01. The molecule has 2 unspecified atom stereocenters. The van der Waals surface area contributed by atoms with E-state index in [1.165, 1.54) is 38.5 Å². The van der Waals surface area contributed by atoms with Crippen molar-refractivity contribution >= 4 is 17.7 Å². The first kappa shape index (κ1) is 31.6. The van der Waals surface area contributed by atoms with Gasteiger partial charge in [0.2, 0.25) is 0 Å². The Bertz CT molecular complexity index is 530. The van der Waals surface area contributed by atoms with E-state index in [2.05, 4.69) is 13.8 Å². The van der Waals surface area contributed by atoms with Crippen LogP contribution in [0.4, 0.5) is 0 Å². The molecule has 0 aliphatic carbocycles. The highest BCUT2D eigenvalue weighted by atomic mass is 16.4. The largest absolute Gasteiger partial charge is 0.481 e. The number of carboxylic acid groups (broad SMARTS) is 2. The lowest BCUT2D eigenvalue weighted by Crippen LogP contribution is -2.40. The molecule has 0 saturated carbocycles. The van der Waals surface area contributed by atoms with Crippen LogP contribution in [0.3, 0.4) is 0 Å². The molecule has 0 aliphatic rings. The second-order valence-corrected chi connectivity index (χ2v) is 10.1. The zero-order valence-corrected chi connectivity index (χ0v) is 21.8. The van der Waals surface area contributed by atoms with Crippen LogP contribution in [-0.2, 0) is 14.4 Å². The van der Waals surface area contributed by atoms with E-state index in [4.69, 9.17) is 5.11 Å². The molecule has 33 heavy (non-hydrogen) atoms. The second kappa shape index (κ2) is 20.0. The van der Waals surface area contributed by atoms with Crippen molar-refractivity contribution in [3.8, 4) is 0 Å². The minimum absolute atomic E-state index is 0.111. The molecule has 0 aromatic heterocycles. The maximum absolute atomic E-state index is 12.8. The van der Waals surface area contributed by atoms with Crippen LogP contribution in [0.15, 0.2) is 0 Å². The molecule has 0 amide bonds. The zero-order chi connectivity index (χ0) is 25.0. The fourth-order valence-electron chi connectivity index (χ4n) is 4.92. The summed E-state index contributed by atoms with van der Waals surface area (Å²) in [4.78, 5) is 35.6. The van der Waals surface area contributed by atoms with Crippen LogP contribution in [0.25, 0.3) is 0 Å². The summed E-state index contributed by atoms with van der Waals surface area (Å²) in [5.74, 6) is -1.52. The van der Waals surface area contributed by atoms with Gasteiger partial charge in [-0.15, -0.1) is 0 Å². The van der Waals surface area contributed by atoms with Crippen LogP contribution in [0.2, 0.25) is 0 Å². The molecule has 0 aromatic carbocycles. The number of Topliss-reactive ketones (excluding diaryl/α,β-unsaturated/α-hetero) is 1. The van der Waals surface area contributed by atoms with Crippen molar-refractivity contribution in [1.29, 1.82) is 0 Å². The van der Waals surface area contributed by atoms with Crippen LogP contribution in [0, 0.1) is 11.3 Å². The monoisotopic (exact) mass is 468 g/mol. The van der Waals surface area contributed by atoms with Crippen LogP contribution in [-0.4, -0.2) is 27.9 Å². The number of rotatable bonds is 24. The van der Waals surface area contributed by atoms with Crippen molar-refractivity contribution in [1.82, 2.24) is 0 Å². The lowest BCUT2D eigenvalue weighted by molar-refractivity contribution is -0.157. The predicted molar refractivity (Wildman–Crippen MR) is 136 cm³/mol. The van der Waals surface area contributed by atoms with Gasteiger partial charge in [0.1, 0.15) is 11.2 Å². The van der Waals surface area contributed by atoms with E-state index >= 15 is 0 Å². The smallest absolute Gasteiger partial charge is 0.317 e. The van der Waals surface area contributed by atoms with Crippen LogP contribution < -0.4 is 0 Å². The number of carbonyl (C=O) groups excluding carboxylic acids is 1. The summed E-state index contributed by atoms with van der Waals surface area (Å²) >= 11 is 0. The second-order valence-electron chi connectivity index (χ2n) is 10.1. The molecule has 0 aromatic rings. The summed E-state index contributed by atoms with van der Waals surface area (Å²) in [6, 6.07) is 0. The Kier molecular flexibility index (Phi) is 19.2. The average Bonchev–Trinajstić information content (AvgIpc) is 2.77. The van der Waals surface area contributed by atoms with Gasteiger partial charge in [-0.3, -0.25) is 14.4 Å². The van der Waals surface area contributed by atoms with Crippen molar-refractivity contribution in [2.24, 2.45) is 11.3 Å². The minimum atomic E-state index is -1.22. The Balaban J connectivity index is 4.37. The number of ketones is 1. The van der Waals surface area contributed by atoms with Gasteiger partial charge < -0.3 is 10.2 Å². The molecule has 0 bridgehead atoms. The standard InChI is InChI=1S/C28H52O5/c1-4-6-7-8-11-14-17-20-24(3)23-28(27(32)33,25(29)5-2)22-19-16-13-10-9-12-15-18-21-26(30)31/h24H,4-23H2,1-3H3,(H,30,31)(H,32,33). The Hall–Kier alpha value is -1.39. The van der Waals surface area contributed by atoms with E-state index in [1.54, 1.807) is 6.92 Å². The first-order valence-electron chi connectivity index (χ1n) is 13.8. The van der Waals surface area contributed by atoms with E-state index < -0.39 is 17.4 Å². The maximum atomic E-state index is 12.8. The van der Waals surface area contributed by atoms with Crippen LogP contribution in [0.1, 0.15) is 149 Å².